The summed E-state index contributed by atoms with van der Waals surface area (Å²) < 4.78 is 5.65. The van der Waals surface area contributed by atoms with Crippen LogP contribution in [0.25, 0.3) is 10.9 Å². The molecule has 0 bridgehead atoms. The molecule has 2 aromatic rings. The van der Waals surface area contributed by atoms with Crippen molar-refractivity contribution in [3.8, 4) is 5.88 Å². The summed E-state index contributed by atoms with van der Waals surface area (Å²) in [6.07, 6.45) is 0. The van der Waals surface area contributed by atoms with Gasteiger partial charge in [-0.05, 0) is 43.2 Å². The number of nitrogens with zero attached hydrogens (tertiary/aromatic N) is 1. The van der Waals surface area contributed by atoms with Gasteiger partial charge in [-0.3, -0.25) is 0 Å². The van der Waals surface area contributed by atoms with E-state index < -0.39 is 0 Å². The van der Waals surface area contributed by atoms with E-state index in [0.717, 1.165) is 30.0 Å². The number of ether oxygens (including phenoxy) is 1. The molecule has 0 atom stereocenters. The van der Waals surface area contributed by atoms with Crippen LogP contribution >= 0.6 is 0 Å². The summed E-state index contributed by atoms with van der Waals surface area (Å²) in [5.74, 6) is 0.783. The van der Waals surface area contributed by atoms with Crippen molar-refractivity contribution in [1.29, 1.82) is 0 Å². The first-order chi connectivity index (χ1) is 8.24. The third kappa shape index (κ3) is 1.87. The molecule has 1 aliphatic rings. The molecule has 0 aliphatic carbocycles. The lowest BCUT2D eigenvalue weighted by Crippen LogP contribution is -2.16. The maximum atomic E-state index is 5.65. The Bertz CT molecular complexity index is 527. The number of nitrogens with one attached hydrogen (secondary N) is 1. The summed E-state index contributed by atoms with van der Waals surface area (Å²) in [6.45, 7) is 6.66. The minimum absolute atomic E-state index is 0.691. The zero-order chi connectivity index (χ0) is 11.8. The number of benzene rings is 1. The Morgan fingerprint density at radius 3 is 2.88 bits per heavy atom. The van der Waals surface area contributed by atoms with Crippen LogP contribution in [0.3, 0.4) is 0 Å². The Hall–Kier alpha value is -1.61. The lowest BCUT2D eigenvalue weighted by atomic mass is 10.0. The second-order valence-corrected chi connectivity index (χ2v) is 4.61. The van der Waals surface area contributed by atoms with Gasteiger partial charge in [0, 0.05) is 24.0 Å². The van der Waals surface area contributed by atoms with E-state index in [2.05, 4.69) is 42.3 Å². The highest BCUT2D eigenvalue weighted by Gasteiger charge is 2.11. The van der Waals surface area contributed by atoms with Gasteiger partial charge < -0.3 is 10.1 Å². The fourth-order valence-electron chi connectivity index (χ4n) is 2.16. The topological polar surface area (TPSA) is 34.1 Å². The van der Waals surface area contributed by atoms with Gasteiger partial charge >= 0.3 is 0 Å². The summed E-state index contributed by atoms with van der Waals surface area (Å²) in [6, 6.07) is 6.51. The maximum absolute atomic E-state index is 5.65. The van der Waals surface area contributed by atoms with Gasteiger partial charge in [0.25, 0.3) is 0 Å². The van der Waals surface area contributed by atoms with Crippen molar-refractivity contribution in [2.75, 3.05) is 13.2 Å². The highest BCUT2D eigenvalue weighted by molar-refractivity contribution is 5.81. The number of aromatic nitrogens is 1. The van der Waals surface area contributed by atoms with Crippen molar-refractivity contribution in [2.24, 2.45) is 0 Å². The standard InChI is InChI=1S/C14H16N2O/c1-9-5-11-7-12-8-15-3-4-17-14(12)16-13(11)6-10(9)2/h5-7,15H,3-4,8H2,1-2H3. The smallest absolute Gasteiger partial charge is 0.218 e. The number of hydrogen-bond donors (Lipinski definition) is 1. The molecule has 17 heavy (non-hydrogen) atoms. The van der Waals surface area contributed by atoms with Crippen LogP contribution in [-0.2, 0) is 6.54 Å². The SMILES string of the molecule is Cc1cc2cc3c(nc2cc1C)OCCNC3. The largest absolute Gasteiger partial charge is 0.476 e. The Morgan fingerprint density at radius 2 is 2.00 bits per heavy atom. The quantitative estimate of drug-likeness (QED) is 0.751. The monoisotopic (exact) mass is 228 g/mol. The molecule has 1 aromatic carbocycles. The Morgan fingerprint density at radius 1 is 1.18 bits per heavy atom. The van der Waals surface area contributed by atoms with Crippen LogP contribution < -0.4 is 10.1 Å². The van der Waals surface area contributed by atoms with Crippen LogP contribution in [-0.4, -0.2) is 18.1 Å². The molecule has 0 fully saturated rings. The van der Waals surface area contributed by atoms with Crippen LogP contribution in [0.1, 0.15) is 16.7 Å². The summed E-state index contributed by atoms with van der Waals surface area (Å²) >= 11 is 0. The molecule has 1 N–H and O–H groups in total. The summed E-state index contributed by atoms with van der Waals surface area (Å²) in [4.78, 5) is 4.62. The molecule has 0 unspecified atom stereocenters. The molecule has 3 rings (SSSR count). The van der Waals surface area contributed by atoms with E-state index in [4.69, 9.17) is 4.74 Å². The van der Waals surface area contributed by atoms with Crippen molar-refractivity contribution in [3.05, 3.63) is 34.9 Å². The Labute approximate surface area is 101 Å². The van der Waals surface area contributed by atoms with E-state index in [-0.39, 0.29) is 0 Å². The number of fused-ring (bicyclic) bond motifs is 2. The van der Waals surface area contributed by atoms with Gasteiger partial charge in [-0.2, -0.15) is 0 Å². The average Bonchev–Trinajstić information content (AvgIpc) is 2.53. The van der Waals surface area contributed by atoms with Crippen LogP contribution in [0, 0.1) is 13.8 Å². The van der Waals surface area contributed by atoms with E-state index in [9.17, 15) is 0 Å². The van der Waals surface area contributed by atoms with Crippen LogP contribution in [0.5, 0.6) is 5.88 Å². The lowest BCUT2D eigenvalue weighted by molar-refractivity contribution is 0.315. The predicted molar refractivity (Wildman–Crippen MR) is 68.4 cm³/mol. The van der Waals surface area contributed by atoms with Crippen LogP contribution in [0.15, 0.2) is 18.2 Å². The predicted octanol–water partition coefficient (Wildman–Crippen LogP) is 2.33. The van der Waals surface area contributed by atoms with E-state index in [1.807, 2.05) is 0 Å². The van der Waals surface area contributed by atoms with E-state index in [1.54, 1.807) is 0 Å². The molecule has 3 heteroatoms. The first-order valence-electron chi connectivity index (χ1n) is 5.98. The number of aryl methyl sites for hydroxylation is 2. The second kappa shape index (κ2) is 4.00. The van der Waals surface area contributed by atoms with Crippen molar-refractivity contribution < 1.29 is 4.74 Å². The maximum Gasteiger partial charge on any atom is 0.218 e. The third-order valence-electron chi connectivity index (χ3n) is 3.30. The summed E-state index contributed by atoms with van der Waals surface area (Å²) in [5.41, 5.74) is 4.76. The highest BCUT2D eigenvalue weighted by Crippen LogP contribution is 2.25. The van der Waals surface area contributed by atoms with Gasteiger partial charge in [-0.15, -0.1) is 0 Å². The molecular formula is C14H16N2O. The minimum atomic E-state index is 0.691. The molecule has 1 aromatic heterocycles. The van der Waals surface area contributed by atoms with Crippen molar-refractivity contribution >= 4 is 10.9 Å². The van der Waals surface area contributed by atoms with Gasteiger partial charge in [0.05, 0.1) is 5.52 Å². The van der Waals surface area contributed by atoms with E-state index in [1.165, 1.54) is 16.5 Å². The molecule has 0 amide bonds. The van der Waals surface area contributed by atoms with Gasteiger partial charge in [0.2, 0.25) is 5.88 Å². The van der Waals surface area contributed by atoms with Crippen molar-refractivity contribution in [3.63, 3.8) is 0 Å². The van der Waals surface area contributed by atoms with Crippen LogP contribution in [0.2, 0.25) is 0 Å². The molecule has 2 heterocycles. The number of rotatable bonds is 0. The summed E-state index contributed by atoms with van der Waals surface area (Å²) in [7, 11) is 0. The number of pyridine rings is 1. The first kappa shape index (κ1) is 10.5. The molecule has 3 nitrogen and oxygen atoms in total. The first-order valence-corrected chi connectivity index (χ1v) is 5.98. The molecular weight excluding hydrogens is 212 g/mol. The highest BCUT2D eigenvalue weighted by atomic mass is 16.5. The van der Waals surface area contributed by atoms with Crippen molar-refractivity contribution in [1.82, 2.24) is 10.3 Å². The van der Waals surface area contributed by atoms with Crippen molar-refractivity contribution in [2.45, 2.75) is 20.4 Å². The van der Waals surface area contributed by atoms with Gasteiger partial charge in [-0.1, -0.05) is 0 Å². The molecule has 88 valence electrons. The lowest BCUT2D eigenvalue weighted by Gasteiger charge is -2.09. The van der Waals surface area contributed by atoms with E-state index >= 15 is 0 Å². The Kier molecular flexibility index (Phi) is 2.48. The summed E-state index contributed by atoms with van der Waals surface area (Å²) in [5, 5.41) is 4.52. The van der Waals surface area contributed by atoms with E-state index in [0.29, 0.717) is 6.61 Å². The second-order valence-electron chi connectivity index (χ2n) is 4.61. The zero-order valence-corrected chi connectivity index (χ0v) is 10.2. The average molecular weight is 228 g/mol. The number of hydrogen-bond acceptors (Lipinski definition) is 3. The third-order valence-corrected chi connectivity index (χ3v) is 3.30. The van der Waals surface area contributed by atoms with Gasteiger partial charge in [-0.25, -0.2) is 4.98 Å². The minimum Gasteiger partial charge on any atom is -0.476 e. The normalized spacial score (nSPS) is 15.2. The molecule has 0 saturated carbocycles. The Balaban J connectivity index is 2.22. The molecule has 0 spiro atoms. The fourth-order valence-corrected chi connectivity index (χ4v) is 2.16. The molecule has 0 saturated heterocycles. The van der Waals surface area contributed by atoms with Crippen LogP contribution in [0.4, 0.5) is 0 Å². The zero-order valence-electron chi connectivity index (χ0n) is 10.2. The fraction of sp³-hybridized carbons (Fsp3) is 0.357. The van der Waals surface area contributed by atoms with Gasteiger partial charge in [0.15, 0.2) is 0 Å². The molecule has 0 radical (unpaired) electrons. The molecule has 1 aliphatic heterocycles. The van der Waals surface area contributed by atoms with Gasteiger partial charge in [0.1, 0.15) is 6.61 Å².